The summed E-state index contributed by atoms with van der Waals surface area (Å²) in [6.07, 6.45) is 2.68. The Bertz CT molecular complexity index is 1600. The standard InChI is InChI=1S/C30H28N4O3/c1-37-25-9-10-27-23(15-25)16-28-30(36)33(19-29(35)34(27)28)18-24(13-20-5-3-2-4-6-20)32-17-21-7-8-22-11-12-31-26(22)14-21/h2-12,14-16,24,31-32H,13,17-19H2,1H3/t24-/m0/s1. The van der Waals surface area contributed by atoms with E-state index in [4.69, 9.17) is 4.74 Å². The van der Waals surface area contributed by atoms with Crippen LogP contribution in [0.2, 0.25) is 0 Å². The van der Waals surface area contributed by atoms with Gasteiger partial charge in [-0.2, -0.15) is 0 Å². The van der Waals surface area contributed by atoms with Crippen LogP contribution in [-0.2, 0) is 13.0 Å². The number of nitrogens with one attached hydrogen (secondary N) is 2. The van der Waals surface area contributed by atoms with E-state index in [1.807, 2.05) is 42.6 Å². The van der Waals surface area contributed by atoms with E-state index in [0.29, 0.717) is 24.5 Å². The van der Waals surface area contributed by atoms with Gasteiger partial charge in [-0.25, -0.2) is 0 Å². The molecule has 1 aliphatic heterocycles. The predicted octanol–water partition coefficient (Wildman–Crippen LogP) is 4.63. The smallest absolute Gasteiger partial charge is 0.271 e. The number of ether oxygens (including phenoxy) is 1. The lowest BCUT2D eigenvalue weighted by Gasteiger charge is -2.31. The molecule has 0 aliphatic carbocycles. The summed E-state index contributed by atoms with van der Waals surface area (Å²) in [4.78, 5) is 31.7. The Balaban J connectivity index is 1.25. The minimum Gasteiger partial charge on any atom is -0.497 e. The lowest BCUT2D eigenvalue weighted by Crippen LogP contribution is -2.50. The molecule has 3 aromatic carbocycles. The zero-order valence-corrected chi connectivity index (χ0v) is 20.6. The third-order valence-electron chi connectivity index (χ3n) is 7.07. The van der Waals surface area contributed by atoms with Gasteiger partial charge in [0.05, 0.1) is 12.6 Å². The van der Waals surface area contributed by atoms with Crippen molar-refractivity contribution in [1.82, 2.24) is 19.8 Å². The van der Waals surface area contributed by atoms with Crippen molar-refractivity contribution in [2.45, 2.75) is 19.0 Å². The van der Waals surface area contributed by atoms with Gasteiger partial charge in [-0.05, 0) is 59.3 Å². The normalized spacial score (nSPS) is 14.4. The summed E-state index contributed by atoms with van der Waals surface area (Å²) >= 11 is 0. The number of aromatic nitrogens is 2. The van der Waals surface area contributed by atoms with E-state index >= 15 is 0 Å². The molecule has 2 aromatic heterocycles. The number of aromatic amines is 1. The molecule has 0 radical (unpaired) electrons. The number of hydrogen-bond donors (Lipinski definition) is 2. The van der Waals surface area contributed by atoms with E-state index in [9.17, 15) is 9.59 Å². The molecule has 0 fully saturated rings. The predicted molar refractivity (Wildman–Crippen MR) is 144 cm³/mol. The van der Waals surface area contributed by atoms with E-state index in [0.717, 1.165) is 28.4 Å². The highest BCUT2D eigenvalue weighted by Gasteiger charge is 2.33. The van der Waals surface area contributed by atoms with Crippen molar-refractivity contribution >= 4 is 33.6 Å². The maximum Gasteiger partial charge on any atom is 0.271 e. The molecule has 2 N–H and O–H groups in total. The van der Waals surface area contributed by atoms with Gasteiger partial charge in [0.25, 0.3) is 11.8 Å². The molecule has 0 spiro atoms. The van der Waals surface area contributed by atoms with Crippen LogP contribution in [0, 0.1) is 0 Å². The fraction of sp³-hybridized carbons (Fsp3) is 0.200. The first-order valence-electron chi connectivity index (χ1n) is 12.4. The molecule has 0 bridgehead atoms. The Labute approximate surface area is 214 Å². The lowest BCUT2D eigenvalue weighted by molar-refractivity contribution is 0.0608. The highest BCUT2D eigenvalue weighted by atomic mass is 16.5. The maximum atomic E-state index is 13.6. The molecule has 186 valence electrons. The summed E-state index contributed by atoms with van der Waals surface area (Å²) in [5, 5.41) is 5.64. The molecule has 3 heterocycles. The van der Waals surface area contributed by atoms with Crippen LogP contribution in [-0.4, -0.2) is 52.5 Å². The van der Waals surface area contributed by atoms with E-state index < -0.39 is 0 Å². The first kappa shape index (κ1) is 23.1. The molecule has 1 atom stereocenters. The average molecular weight is 493 g/mol. The molecule has 6 rings (SSSR count). The topological polar surface area (TPSA) is 79.4 Å². The van der Waals surface area contributed by atoms with Crippen LogP contribution >= 0.6 is 0 Å². The van der Waals surface area contributed by atoms with Crippen molar-refractivity contribution in [1.29, 1.82) is 0 Å². The number of amides is 1. The van der Waals surface area contributed by atoms with E-state index in [-0.39, 0.29) is 24.4 Å². The lowest BCUT2D eigenvalue weighted by atomic mass is 10.0. The van der Waals surface area contributed by atoms with Crippen molar-refractivity contribution in [2.75, 3.05) is 20.2 Å². The minimum absolute atomic E-state index is 0.0329. The van der Waals surface area contributed by atoms with Gasteiger partial charge in [0, 0.05) is 36.2 Å². The third-order valence-corrected chi connectivity index (χ3v) is 7.07. The zero-order valence-electron chi connectivity index (χ0n) is 20.6. The molecule has 7 heteroatoms. The van der Waals surface area contributed by atoms with Crippen molar-refractivity contribution in [2.24, 2.45) is 0 Å². The summed E-state index contributed by atoms with van der Waals surface area (Å²) in [7, 11) is 1.60. The number of methoxy groups -OCH3 is 1. The molecule has 1 aliphatic rings. The molecule has 0 saturated carbocycles. The number of carbonyl (C=O) groups excluding carboxylic acids is 2. The number of H-pyrrole nitrogens is 1. The van der Waals surface area contributed by atoms with Crippen LogP contribution in [0.25, 0.3) is 21.8 Å². The van der Waals surface area contributed by atoms with E-state index in [2.05, 4.69) is 46.7 Å². The summed E-state index contributed by atoms with van der Waals surface area (Å²) in [6, 6.07) is 25.9. The summed E-state index contributed by atoms with van der Waals surface area (Å²) in [5.41, 5.74) is 4.56. The molecule has 0 saturated heterocycles. The summed E-state index contributed by atoms with van der Waals surface area (Å²) in [5.74, 6) is 0.449. The van der Waals surface area contributed by atoms with Crippen LogP contribution in [0.5, 0.6) is 5.75 Å². The van der Waals surface area contributed by atoms with Gasteiger partial charge in [-0.1, -0.05) is 42.5 Å². The minimum atomic E-state index is -0.137. The summed E-state index contributed by atoms with van der Waals surface area (Å²) < 4.78 is 6.86. The Kier molecular flexibility index (Phi) is 5.98. The Hall–Kier alpha value is -4.36. The van der Waals surface area contributed by atoms with E-state index in [1.165, 1.54) is 10.9 Å². The van der Waals surface area contributed by atoms with Crippen LogP contribution < -0.4 is 10.1 Å². The number of rotatable bonds is 8. The molecule has 0 unspecified atom stereocenters. The number of fused-ring (bicyclic) bond motifs is 4. The second-order valence-electron chi connectivity index (χ2n) is 9.54. The van der Waals surface area contributed by atoms with Crippen molar-refractivity contribution in [3.8, 4) is 5.75 Å². The van der Waals surface area contributed by atoms with Crippen molar-refractivity contribution in [3.05, 3.63) is 102 Å². The molecule has 1 amide bonds. The van der Waals surface area contributed by atoms with Gasteiger partial charge in [-0.3, -0.25) is 14.2 Å². The largest absolute Gasteiger partial charge is 0.497 e. The molecule has 37 heavy (non-hydrogen) atoms. The van der Waals surface area contributed by atoms with Gasteiger partial charge < -0.3 is 19.9 Å². The highest BCUT2D eigenvalue weighted by Crippen LogP contribution is 2.28. The van der Waals surface area contributed by atoms with Crippen LogP contribution in [0.3, 0.4) is 0 Å². The highest BCUT2D eigenvalue weighted by molar-refractivity contribution is 6.09. The SMILES string of the molecule is COc1ccc2c(c1)cc1n2C(=O)CN(C[C@H](Cc2ccccc2)NCc2ccc3cc[nH]c3c2)C1=O. The molecular weight excluding hydrogens is 464 g/mol. The zero-order chi connectivity index (χ0) is 25.4. The third kappa shape index (κ3) is 4.49. The Morgan fingerprint density at radius 2 is 1.81 bits per heavy atom. The second kappa shape index (κ2) is 9.59. The van der Waals surface area contributed by atoms with Gasteiger partial charge in [0.2, 0.25) is 0 Å². The van der Waals surface area contributed by atoms with Gasteiger partial charge >= 0.3 is 0 Å². The number of hydrogen-bond acceptors (Lipinski definition) is 4. The van der Waals surface area contributed by atoms with Crippen LogP contribution in [0.4, 0.5) is 0 Å². The van der Waals surface area contributed by atoms with Crippen molar-refractivity contribution in [3.63, 3.8) is 0 Å². The van der Waals surface area contributed by atoms with E-state index in [1.54, 1.807) is 22.6 Å². The monoisotopic (exact) mass is 492 g/mol. The number of nitrogens with zero attached hydrogens (tertiary/aromatic N) is 2. The van der Waals surface area contributed by atoms with Crippen molar-refractivity contribution < 1.29 is 14.3 Å². The van der Waals surface area contributed by atoms with Gasteiger partial charge in [0.1, 0.15) is 18.0 Å². The first-order chi connectivity index (χ1) is 18.1. The summed E-state index contributed by atoms with van der Waals surface area (Å²) in [6.45, 7) is 1.13. The molecule has 7 nitrogen and oxygen atoms in total. The van der Waals surface area contributed by atoms with Crippen LogP contribution in [0.1, 0.15) is 26.4 Å². The Morgan fingerprint density at radius 3 is 2.65 bits per heavy atom. The van der Waals surface area contributed by atoms with Gasteiger partial charge in [0.15, 0.2) is 0 Å². The fourth-order valence-corrected chi connectivity index (χ4v) is 5.19. The van der Waals surface area contributed by atoms with Gasteiger partial charge in [-0.15, -0.1) is 0 Å². The fourth-order valence-electron chi connectivity index (χ4n) is 5.19. The maximum absolute atomic E-state index is 13.6. The Morgan fingerprint density at radius 1 is 0.946 bits per heavy atom. The number of benzene rings is 3. The first-order valence-corrected chi connectivity index (χ1v) is 12.4. The second-order valence-corrected chi connectivity index (χ2v) is 9.54. The average Bonchev–Trinajstić information content (AvgIpc) is 3.55. The van der Waals surface area contributed by atoms with Crippen LogP contribution in [0.15, 0.2) is 85.1 Å². The number of carbonyl (C=O) groups is 2. The quantitative estimate of drug-likeness (QED) is 0.331. The molecule has 5 aromatic rings. The molecular formula is C30H28N4O3.